The topological polar surface area (TPSA) is 60.1 Å². The van der Waals surface area contributed by atoms with E-state index in [-0.39, 0.29) is 0 Å². The largest absolute Gasteiger partial charge is 0.497 e. The summed E-state index contributed by atoms with van der Waals surface area (Å²) in [6, 6.07) is 13.2. The number of hydrogen-bond acceptors (Lipinski definition) is 4. The predicted molar refractivity (Wildman–Crippen MR) is 121 cm³/mol. The third-order valence-corrected chi connectivity index (χ3v) is 5.87. The molecule has 150 valence electrons. The SMILES string of the molecule is COc1ccc(-c2cccn3c(=S)n(Cc4nc5nc(Cl)ccc5[nH]4)cc23)c(Cl)c1. The van der Waals surface area contributed by atoms with Crippen LogP contribution in [0.15, 0.2) is 54.9 Å². The number of hydrogen-bond donors (Lipinski definition) is 1. The molecule has 1 aromatic carbocycles. The maximum atomic E-state index is 6.52. The maximum Gasteiger partial charge on any atom is 0.184 e. The number of pyridine rings is 2. The Kier molecular flexibility index (Phi) is 4.73. The highest BCUT2D eigenvalue weighted by atomic mass is 35.5. The van der Waals surface area contributed by atoms with Crippen molar-refractivity contribution in [2.75, 3.05) is 7.11 Å². The molecule has 1 N–H and O–H groups in total. The van der Waals surface area contributed by atoms with E-state index in [0.29, 0.717) is 32.9 Å². The molecule has 0 bridgehead atoms. The van der Waals surface area contributed by atoms with Gasteiger partial charge >= 0.3 is 0 Å². The first-order valence-corrected chi connectivity index (χ1v) is 10.3. The summed E-state index contributed by atoms with van der Waals surface area (Å²) in [5.41, 5.74) is 4.25. The fraction of sp³-hybridized carbons (Fsp3) is 0.0952. The van der Waals surface area contributed by atoms with E-state index in [2.05, 4.69) is 15.0 Å². The molecule has 0 aliphatic rings. The number of aromatic amines is 1. The molecule has 0 amide bonds. The van der Waals surface area contributed by atoms with Crippen LogP contribution in [0.25, 0.3) is 27.8 Å². The fourth-order valence-corrected chi connectivity index (χ4v) is 4.19. The number of methoxy groups -OCH3 is 1. The molecule has 0 atom stereocenters. The van der Waals surface area contributed by atoms with Crippen LogP contribution in [0.5, 0.6) is 5.75 Å². The zero-order chi connectivity index (χ0) is 20.8. The highest BCUT2D eigenvalue weighted by molar-refractivity contribution is 7.71. The van der Waals surface area contributed by atoms with Crippen LogP contribution >= 0.6 is 35.4 Å². The Balaban J connectivity index is 1.60. The number of imidazole rings is 2. The smallest absolute Gasteiger partial charge is 0.184 e. The summed E-state index contributed by atoms with van der Waals surface area (Å²) in [6.07, 6.45) is 3.95. The lowest BCUT2D eigenvalue weighted by Gasteiger charge is -2.08. The van der Waals surface area contributed by atoms with E-state index in [1.165, 1.54) is 0 Å². The zero-order valence-electron chi connectivity index (χ0n) is 15.8. The standard InChI is InChI=1S/C21H15Cl2N5OS/c1-29-12-4-5-13(15(22)9-12)14-3-2-8-28-17(14)10-27(21(28)30)11-19-24-16-6-7-18(23)25-20(16)26-19/h2-10H,11H2,1H3,(H,24,25,26). The molecule has 0 fully saturated rings. The first kappa shape index (κ1) is 19.1. The number of benzene rings is 1. The van der Waals surface area contributed by atoms with Gasteiger partial charge in [-0.05, 0) is 48.6 Å². The van der Waals surface area contributed by atoms with Crippen LogP contribution < -0.4 is 4.74 Å². The Hall–Kier alpha value is -2.87. The number of nitrogens with one attached hydrogen (secondary N) is 1. The molecule has 4 aromatic heterocycles. The third-order valence-electron chi connectivity index (χ3n) is 4.91. The van der Waals surface area contributed by atoms with Crippen LogP contribution in [-0.2, 0) is 6.54 Å². The van der Waals surface area contributed by atoms with Gasteiger partial charge in [-0.3, -0.25) is 4.40 Å². The van der Waals surface area contributed by atoms with Crippen molar-refractivity contribution in [1.29, 1.82) is 0 Å². The Bertz CT molecular complexity index is 1470. The Morgan fingerprint density at radius 2 is 1.97 bits per heavy atom. The van der Waals surface area contributed by atoms with Crippen molar-refractivity contribution in [1.82, 2.24) is 23.9 Å². The molecule has 9 heteroatoms. The van der Waals surface area contributed by atoms with Gasteiger partial charge in [0.1, 0.15) is 16.7 Å². The lowest BCUT2D eigenvalue weighted by atomic mass is 10.1. The van der Waals surface area contributed by atoms with Crippen molar-refractivity contribution in [2.45, 2.75) is 6.54 Å². The molecular formula is C21H15Cl2N5OS. The van der Waals surface area contributed by atoms with Gasteiger partial charge in [0.2, 0.25) is 0 Å². The molecular weight excluding hydrogens is 441 g/mol. The monoisotopic (exact) mass is 455 g/mol. The van der Waals surface area contributed by atoms with Crippen LogP contribution in [0.3, 0.4) is 0 Å². The molecule has 0 saturated heterocycles. The predicted octanol–water partition coefficient (Wildman–Crippen LogP) is 5.77. The molecule has 0 spiro atoms. The number of fused-ring (bicyclic) bond motifs is 2. The van der Waals surface area contributed by atoms with E-state index < -0.39 is 0 Å². The first-order chi connectivity index (χ1) is 14.5. The second kappa shape index (κ2) is 7.43. The van der Waals surface area contributed by atoms with Gasteiger partial charge in [-0.25, -0.2) is 9.97 Å². The molecule has 0 radical (unpaired) electrons. The average Bonchev–Trinajstić information content (AvgIpc) is 3.28. The second-order valence-electron chi connectivity index (χ2n) is 6.75. The van der Waals surface area contributed by atoms with Gasteiger partial charge in [-0.2, -0.15) is 0 Å². The van der Waals surface area contributed by atoms with Gasteiger partial charge < -0.3 is 14.3 Å². The van der Waals surface area contributed by atoms with E-state index in [9.17, 15) is 0 Å². The van der Waals surface area contributed by atoms with Crippen molar-refractivity contribution in [2.24, 2.45) is 0 Å². The minimum absolute atomic E-state index is 0.410. The first-order valence-electron chi connectivity index (χ1n) is 9.09. The molecule has 6 nitrogen and oxygen atoms in total. The average molecular weight is 456 g/mol. The number of aromatic nitrogens is 5. The van der Waals surface area contributed by atoms with Crippen LogP contribution in [0, 0.1) is 4.77 Å². The van der Waals surface area contributed by atoms with E-state index in [0.717, 1.165) is 28.0 Å². The number of rotatable bonds is 4. The lowest BCUT2D eigenvalue weighted by molar-refractivity contribution is 0.415. The lowest BCUT2D eigenvalue weighted by Crippen LogP contribution is -2.00. The summed E-state index contributed by atoms with van der Waals surface area (Å²) in [5.74, 6) is 1.46. The van der Waals surface area contributed by atoms with Gasteiger partial charge in [-0.1, -0.05) is 29.3 Å². The number of halogens is 2. The molecule has 5 aromatic rings. The summed E-state index contributed by atoms with van der Waals surface area (Å²) in [6.45, 7) is 0.476. The summed E-state index contributed by atoms with van der Waals surface area (Å²) in [7, 11) is 1.62. The fourth-order valence-electron chi connectivity index (χ4n) is 3.50. The Morgan fingerprint density at radius 1 is 1.10 bits per heavy atom. The summed E-state index contributed by atoms with van der Waals surface area (Å²) in [4.78, 5) is 12.0. The molecule has 0 aliphatic carbocycles. The van der Waals surface area contributed by atoms with E-state index >= 15 is 0 Å². The van der Waals surface area contributed by atoms with Gasteiger partial charge in [0, 0.05) is 23.5 Å². The second-order valence-corrected chi connectivity index (χ2v) is 7.91. The minimum Gasteiger partial charge on any atom is -0.497 e. The van der Waals surface area contributed by atoms with Gasteiger partial charge in [0.05, 0.1) is 29.7 Å². The number of nitrogens with zero attached hydrogens (tertiary/aromatic N) is 4. The van der Waals surface area contributed by atoms with Crippen LogP contribution in [0.2, 0.25) is 10.2 Å². The van der Waals surface area contributed by atoms with Crippen molar-refractivity contribution in [3.05, 3.63) is 75.6 Å². The number of ether oxygens (including phenoxy) is 1. The zero-order valence-corrected chi connectivity index (χ0v) is 18.1. The summed E-state index contributed by atoms with van der Waals surface area (Å²) in [5, 5.41) is 1.02. The molecule has 0 unspecified atom stereocenters. The van der Waals surface area contributed by atoms with Crippen LogP contribution in [0.1, 0.15) is 5.82 Å². The number of H-pyrrole nitrogens is 1. The van der Waals surface area contributed by atoms with E-state index in [4.69, 9.17) is 40.2 Å². The minimum atomic E-state index is 0.410. The molecule has 4 heterocycles. The molecule has 5 rings (SSSR count). The third kappa shape index (κ3) is 3.25. The van der Waals surface area contributed by atoms with Crippen molar-refractivity contribution < 1.29 is 4.74 Å². The van der Waals surface area contributed by atoms with Crippen molar-refractivity contribution >= 4 is 52.1 Å². The highest BCUT2D eigenvalue weighted by Gasteiger charge is 2.13. The Morgan fingerprint density at radius 3 is 2.77 bits per heavy atom. The normalized spacial score (nSPS) is 11.4. The highest BCUT2D eigenvalue weighted by Crippen LogP contribution is 2.34. The summed E-state index contributed by atoms with van der Waals surface area (Å²) >= 11 is 18.2. The molecule has 0 saturated carbocycles. The summed E-state index contributed by atoms with van der Waals surface area (Å²) < 4.78 is 9.84. The van der Waals surface area contributed by atoms with Gasteiger partial charge in [0.25, 0.3) is 0 Å². The van der Waals surface area contributed by atoms with Crippen molar-refractivity contribution in [3.8, 4) is 16.9 Å². The van der Waals surface area contributed by atoms with Crippen LogP contribution in [-0.4, -0.2) is 31.0 Å². The Labute approximate surface area is 186 Å². The molecule has 30 heavy (non-hydrogen) atoms. The van der Waals surface area contributed by atoms with E-state index in [1.54, 1.807) is 19.2 Å². The van der Waals surface area contributed by atoms with Crippen LogP contribution in [0.4, 0.5) is 0 Å². The van der Waals surface area contributed by atoms with Gasteiger partial charge in [-0.15, -0.1) is 0 Å². The maximum absolute atomic E-state index is 6.52. The molecule has 0 aliphatic heterocycles. The van der Waals surface area contributed by atoms with E-state index in [1.807, 2.05) is 51.7 Å². The van der Waals surface area contributed by atoms with Crippen molar-refractivity contribution in [3.63, 3.8) is 0 Å². The quantitative estimate of drug-likeness (QED) is 0.276. The van der Waals surface area contributed by atoms with Gasteiger partial charge in [0.15, 0.2) is 10.4 Å².